The highest BCUT2D eigenvalue weighted by Crippen LogP contribution is 2.24. The minimum atomic E-state index is -3.70. The summed E-state index contributed by atoms with van der Waals surface area (Å²) in [5.74, 6) is -1.15. The molecular formula is C9H13NO5S2. The fourth-order valence-corrected chi connectivity index (χ4v) is 4.00. The second kappa shape index (κ2) is 5.58. The zero-order valence-electron chi connectivity index (χ0n) is 9.16. The highest BCUT2D eigenvalue weighted by Gasteiger charge is 2.25. The molecular weight excluding hydrogens is 266 g/mol. The molecule has 8 heteroatoms. The van der Waals surface area contributed by atoms with Crippen LogP contribution in [0.25, 0.3) is 0 Å². The molecule has 17 heavy (non-hydrogen) atoms. The molecule has 0 unspecified atom stereocenters. The Morgan fingerprint density at radius 1 is 1.47 bits per heavy atom. The van der Waals surface area contributed by atoms with Gasteiger partial charge in [-0.1, -0.05) is 6.92 Å². The van der Waals surface area contributed by atoms with Crippen molar-refractivity contribution in [1.82, 2.24) is 4.31 Å². The Hall–Kier alpha value is -0.960. The van der Waals surface area contributed by atoms with Crippen LogP contribution < -0.4 is 0 Å². The summed E-state index contributed by atoms with van der Waals surface area (Å²) in [6.45, 7) is 1.60. The molecule has 0 aliphatic rings. The van der Waals surface area contributed by atoms with Crippen LogP contribution in [0.15, 0.2) is 16.3 Å². The van der Waals surface area contributed by atoms with E-state index in [1.165, 1.54) is 12.1 Å². The first-order valence-corrected chi connectivity index (χ1v) is 7.13. The molecule has 1 aromatic rings. The predicted octanol–water partition coefficient (Wildman–Crippen LogP) is 0.449. The predicted molar refractivity (Wildman–Crippen MR) is 62.8 cm³/mol. The quantitative estimate of drug-likeness (QED) is 0.788. The van der Waals surface area contributed by atoms with Crippen molar-refractivity contribution >= 4 is 27.3 Å². The largest absolute Gasteiger partial charge is 0.477 e. The van der Waals surface area contributed by atoms with Gasteiger partial charge < -0.3 is 10.2 Å². The van der Waals surface area contributed by atoms with Crippen LogP contribution in [0.3, 0.4) is 0 Å². The number of carboxylic acid groups (broad SMARTS) is 1. The highest BCUT2D eigenvalue weighted by molar-refractivity contribution is 7.91. The van der Waals surface area contributed by atoms with Gasteiger partial charge in [0.05, 0.1) is 6.61 Å². The molecule has 0 saturated heterocycles. The van der Waals surface area contributed by atoms with Gasteiger partial charge in [0.15, 0.2) is 0 Å². The van der Waals surface area contributed by atoms with Crippen LogP contribution in [-0.2, 0) is 10.0 Å². The lowest BCUT2D eigenvalue weighted by Crippen LogP contribution is -2.32. The lowest BCUT2D eigenvalue weighted by Gasteiger charge is -2.17. The molecule has 2 N–H and O–H groups in total. The number of carbonyl (C=O) groups is 1. The number of aromatic carboxylic acids is 1. The van der Waals surface area contributed by atoms with E-state index >= 15 is 0 Å². The molecule has 0 spiro atoms. The number of thiophene rings is 1. The van der Waals surface area contributed by atoms with E-state index in [0.717, 1.165) is 4.31 Å². The van der Waals surface area contributed by atoms with E-state index in [9.17, 15) is 13.2 Å². The van der Waals surface area contributed by atoms with Crippen LogP contribution >= 0.6 is 11.3 Å². The molecule has 6 nitrogen and oxygen atoms in total. The van der Waals surface area contributed by atoms with E-state index in [1.54, 1.807) is 6.92 Å². The molecule has 0 aliphatic heterocycles. The Bertz CT molecular complexity index is 493. The smallest absolute Gasteiger partial charge is 0.345 e. The van der Waals surface area contributed by atoms with Crippen LogP contribution in [0.1, 0.15) is 16.6 Å². The first-order chi connectivity index (χ1) is 7.93. The number of sulfonamides is 1. The van der Waals surface area contributed by atoms with E-state index in [-0.39, 0.29) is 28.8 Å². The third-order valence-electron chi connectivity index (χ3n) is 2.09. The fraction of sp³-hybridized carbons (Fsp3) is 0.444. The van der Waals surface area contributed by atoms with Gasteiger partial charge in [-0.05, 0) is 12.1 Å². The Morgan fingerprint density at radius 2 is 2.12 bits per heavy atom. The van der Waals surface area contributed by atoms with E-state index in [0.29, 0.717) is 11.3 Å². The van der Waals surface area contributed by atoms with Crippen molar-refractivity contribution in [2.24, 2.45) is 0 Å². The van der Waals surface area contributed by atoms with Crippen molar-refractivity contribution in [3.8, 4) is 0 Å². The number of likely N-dealkylation sites (N-methyl/N-ethyl adjacent to an activating group) is 1. The molecule has 0 fully saturated rings. The van der Waals surface area contributed by atoms with Gasteiger partial charge in [-0.2, -0.15) is 4.31 Å². The van der Waals surface area contributed by atoms with Gasteiger partial charge in [0.25, 0.3) is 10.0 Å². The number of aliphatic hydroxyl groups excluding tert-OH is 1. The van der Waals surface area contributed by atoms with Gasteiger partial charge in [0.1, 0.15) is 9.09 Å². The lowest BCUT2D eigenvalue weighted by molar-refractivity contribution is 0.0702. The van der Waals surface area contributed by atoms with Crippen molar-refractivity contribution in [2.45, 2.75) is 11.1 Å². The first-order valence-electron chi connectivity index (χ1n) is 4.87. The van der Waals surface area contributed by atoms with E-state index in [4.69, 9.17) is 10.2 Å². The third-order valence-corrected chi connectivity index (χ3v) is 5.60. The molecule has 0 aliphatic carbocycles. The van der Waals surface area contributed by atoms with E-state index < -0.39 is 16.0 Å². The minimum absolute atomic E-state index is 0.000855. The van der Waals surface area contributed by atoms with E-state index in [2.05, 4.69) is 0 Å². The van der Waals surface area contributed by atoms with Crippen LogP contribution in [0.2, 0.25) is 0 Å². The van der Waals surface area contributed by atoms with E-state index in [1.807, 2.05) is 0 Å². The summed E-state index contributed by atoms with van der Waals surface area (Å²) in [5.41, 5.74) is 0. The standard InChI is InChI=1S/C9H13NO5S2/c1-2-10(5-6-11)17(14,15)8-4-3-7(16-8)9(12)13/h3-4,11H,2,5-6H2,1H3,(H,12,13). The Labute approximate surface area is 103 Å². The van der Waals surface area contributed by atoms with Gasteiger partial charge in [0, 0.05) is 13.1 Å². The maximum Gasteiger partial charge on any atom is 0.345 e. The van der Waals surface area contributed by atoms with Gasteiger partial charge in [-0.15, -0.1) is 11.3 Å². The van der Waals surface area contributed by atoms with Crippen molar-refractivity contribution in [2.75, 3.05) is 19.7 Å². The summed E-state index contributed by atoms with van der Waals surface area (Å²) in [6.07, 6.45) is 0. The number of hydrogen-bond acceptors (Lipinski definition) is 5. The molecule has 0 aromatic carbocycles. The number of carboxylic acids is 1. The minimum Gasteiger partial charge on any atom is -0.477 e. The second-order valence-corrected chi connectivity index (χ2v) is 6.39. The summed E-state index contributed by atoms with van der Waals surface area (Å²) in [7, 11) is -3.70. The molecule has 0 amide bonds. The SMILES string of the molecule is CCN(CCO)S(=O)(=O)c1ccc(C(=O)O)s1. The Balaban J connectivity index is 3.07. The van der Waals surface area contributed by atoms with Gasteiger partial charge in [-0.25, -0.2) is 13.2 Å². The first kappa shape index (κ1) is 14.1. The van der Waals surface area contributed by atoms with Crippen molar-refractivity contribution < 1.29 is 23.4 Å². The van der Waals surface area contributed by atoms with Crippen molar-refractivity contribution in [1.29, 1.82) is 0 Å². The molecule has 1 aromatic heterocycles. The zero-order chi connectivity index (χ0) is 13.1. The number of nitrogens with zero attached hydrogens (tertiary/aromatic N) is 1. The molecule has 0 bridgehead atoms. The fourth-order valence-electron chi connectivity index (χ4n) is 1.26. The molecule has 0 atom stereocenters. The Kier molecular flexibility index (Phi) is 4.63. The molecule has 1 heterocycles. The number of aliphatic hydroxyl groups is 1. The molecule has 0 radical (unpaired) electrons. The average molecular weight is 279 g/mol. The van der Waals surface area contributed by atoms with Crippen LogP contribution in [-0.4, -0.2) is 48.6 Å². The summed E-state index contributed by atoms with van der Waals surface area (Å²) < 4.78 is 25.1. The topological polar surface area (TPSA) is 94.9 Å². The lowest BCUT2D eigenvalue weighted by atomic mass is 10.5. The monoisotopic (exact) mass is 279 g/mol. The van der Waals surface area contributed by atoms with Crippen LogP contribution in [0.5, 0.6) is 0 Å². The number of hydrogen-bond donors (Lipinski definition) is 2. The van der Waals surface area contributed by atoms with Gasteiger partial charge in [0.2, 0.25) is 0 Å². The van der Waals surface area contributed by atoms with Gasteiger partial charge >= 0.3 is 5.97 Å². The molecule has 96 valence electrons. The maximum atomic E-state index is 12.0. The summed E-state index contributed by atoms with van der Waals surface area (Å²) in [5, 5.41) is 17.5. The zero-order valence-corrected chi connectivity index (χ0v) is 10.8. The van der Waals surface area contributed by atoms with Gasteiger partial charge in [-0.3, -0.25) is 0 Å². The molecule has 1 rings (SSSR count). The summed E-state index contributed by atoms with van der Waals surface area (Å²) in [6, 6.07) is 2.52. The van der Waals surface area contributed by atoms with Crippen LogP contribution in [0.4, 0.5) is 0 Å². The molecule has 0 saturated carbocycles. The maximum absolute atomic E-state index is 12.0. The Morgan fingerprint density at radius 3 is 2.53 bits per heavy atom. The average Bonchev–Trinajstić information content (AvgIpc) is 2.75. The highest BCUT2D eigenvalue weighted by atomic mass is 32.2. The third kappa shape index (κ3) is 3.03. The van der Waals surface area contributed by atoms with Crippen LogP contribution in [0, 0.1) is 0 Å². The van der Waals surface area contributed by atoms with Crippen molar-refractivity contribution in [3.05, 3.63) is 17.0 Å². The summed E-state index contributed by atoms with van der Waals surface area (Å²) in [4.78, 5) is 10.6. The summed E-state index contributed by atoms with van der Waals surface area (Å²) >= 11 is 0.707. The van der Waals surface area contributed by atoms with Crippen molar-refractivity contribution in [3.63, 3.8) is 0 Å². The second-order valence-electron chi connectivity index (χ2n) is 3.14. The normalized spacial score (nSPS) is 11.9. The number of rotatable bonds is 6.